The number of carbonyl (C=O) groups is 1. The van der Waals surface area contributed by atoms with Gasteiger partial charge in [0.15, 0.2) is 0 Å². The molecular formula is C12H18BrN3O3. The Kier molecular flexibility index (Phi) is 6.93. The van der Waals surface area contributed by atoms with E-state index in [0.717, 1.165) is 4.47 Å². The zero-order chi connectivity index (χ0) is 14.3. The molecule has 1 heterocycles. The van der Waals surface area contributed by atoms with Crippen LogP contribution in [-0.2, 0) is 9.53 Å². The van der Waals surface area contributed by atoms with Crippen molar-refractivity contribution in [3.05, 3.63) is 22.8 Å². The molecule has 0 bridgehead atoms. The van der Waals surface area contributed by atoms with Crippen molar-refractivity contribution in [2.45, 2.75) is 6.10 Å². The van der Waals surface area contributed by atoms with E-state index in [1.165, 1.54) is 7.11 Å². The molecule has 1 atom stereocenters. The summed E-state index contributed by atoms with van der Waals surface area (Å²) >= 11 is 3.27. The minimum absolute atomic E-state index is 0.179. The lowest BCUT2D eigenvalue weighted by atomic mass is 10.3. The Balaban J connectivity index is 2.36. The highest BCUT2D eigenvalue weighted by atomic mass is 79.9. The Morgan fingerprint density at radius 2 is 2.37 bits per heavy atom. The largest absolute Gasteiger partial charge is 0.389 e. The maximum absolute atomic E-state index is 11.7. The number of methoxy groups -OCH3 is 1. The third-order valence-electron chi connectivity index (χ3n) is 2.29. The fourth-order valence-corrected chi connectivity index (χ4v) is 1.78. The van der Waals surface area contributed by atoms with E-state index in [9.17, 15) is 9.90 Å². The second-order valence-corrected chi connectivity index (χ2v) is 5.13. The fourth-order valence-electron chi connectivity index (χ4n) is 1.55. The third-order valence-corrected chi connectivity index (χ3v) is 2.76. The second kappa shape index (κ2) is 8.21. The monoisotopic (exact) mass is 331 g/mol. The lowest BCUT2D eigenvalue weighted by Gasteiger charge is -2.19. The van der Waals surface area contributed by atoms with Crippen LogP contribution in [0.25, 0.3) is 0 Å². The highest BCUT2D eigenvalue weighted by Gasteiger charge is 2.11. The van der Waals surface area contributed by atoms with Gasteiger partial charge in [0.25, 0.3) is 0 Å². The van der Waals surface area contributed by atoms with Crippen molar-refractivity contribution in [2.24, 2.45) is 0 Å². The van der Waals surface area contributed by atoms with Gasteiger partial charge in [0.1, 0.15) is 5.82 Å². The summed E-state index contributed by atoms with van der Waals surface area (Å²) < 4.78 is 5.68. The van der Waals surface area contributed by atoms with Gasteiger partial charge in [-0.2, -0.15) is 0 Å². The minimum Gasteiger partial charge on any atom is -0.389 e. The smallest absolute Gasteiger partial charge is 0.239 e. The Bertz CT molecular complexity index is 400. The predicted octanol–water partition coefficient (Wildman–Crippen LogP) is 0.722. The molecule has 0 aliphatic heterocycles. The summed E-state index contributed by atoms with van der Waals surface area (Å²) in [5, 5.41) is 12.2. The predicted molar refractivity (Wildman–Crippen MR) is 75.9 cm³/mol. The fraction of sp³-hybridized carbons (Fsp3) is 0.500. The van der Waals surface area contributed by atoms with Gasteiger partial charge in [0.05, 0.1) is 19.3 Å². The molecule has 1 aromatic heterocycles. The summed E-state index contributed by atoms with van der Waals surface area (Å²) in [4.78, 5) is 17.5. The number of rotatable bonds is 7. The van der Waals surface area contributed by atoms with Crippen LogP contribution in [0.2, 0.25) is 0 Å². The molecule has 2 N–H and O–H groups in total. The number of nitrogens with one attached hydrogen (secondary N) is 1. The zero-order valence-corrected chi connectivity index (χ0v) is 12.6. The van der Waals surface area contributed by atoms with E-state index in [2.05, 4.69) is 26.2 Å². The molecule has 7 heteroatoms. The van der Waals surface area contributed by atoms with Crippen molar-refractivity contribution in [3.8, 4) is 0 Å². The quantitative estimate of drug-likeness (QED) is 0.770. The molecule has 0 radical (unpaired) electrons. The number of pyridine rings is 1. The Hall–Kier alpha value is -1.02. The van der Waals surface area contributed by atoms with E-state index < -0.39 is 6.10 Å². The van der Waals surface area contributed by atoms with Crippen LogP contribution in [-0.4, -0.2) is 60.9 Å². The molecule has 1 aromatic rings. The van der Waals surface area contributed by atoms with Crippen LogP contribution >= 0.6 is 15.9 Å². The van der Waals surface area contributed by atoms with Gasteiger partial charge < -0.3 is 15.2 Å². The molecule has 0 saturated carbocycles. The zero-order valence-electron chi connectivity index (χ0n) is 11.0. The van der Waals surface area contributed by atoms with Gasteiger partial charge in [-0.3, -0.25) is 9.69 Å². The molecule has 6 nitrogen and oxygen atoms in total. The number of ether oxygens (including phenoxy) is 1. The van der Waals surface area contributed by atoms with E-state index in [-0.39, 0.29) is 19.1 Å². The van der Waals surface area contributed by atoms with Crippen LogP contribution in [0.5, 0.6) is 0 Å². The van der Waals surface area contributed by atoms with Crippen molar-refractivity contribution in [2.75, 3.05) is 39.2 Å². The van der Waals surface area contributed by atoms with Crippen LogP contribution in [0.15, 0.2) is 22.8 Å². The average molecular weight is 332 g/mol. The van der Waals surface area contributed by atoms with Crippen molar-refractivity contribution in [1.82, 2.24) is 9.88 Å². The number of aliphatic hydroxyl groups excluding tert-OH is 1. The lowest BCUT2D eigenvalue weighted by Crippen LogP contribution is -2.37. The number of anilines is 1. The lowest BCUT2D eigenvalue weighted by molar-refractivity contribution is -0.117. The molecule has 0 aliphatic carbocycles. The maximum Gasteiger partial charge on any atom is 0.239 e. The first kappa shape index (κ1) is 16.0. The van der Waals surface area contributed by atoms with Crippen molar-refractivity contribution >= 4 is 27.7 Å². The van der Waals surface area contributed by atoms with Crippen LogP contribution in [0, 0.1) is 0 Å². The molecule has 19 heavy (non-hydrogen) atoms. The summed E-state index contributed by atoms with van der Waals surface area (Å²) in [7, 11) is 3.28. The van der Waals surface area contributed by atoms with Gasteiger partial charge in [-0.15, -0.1) is 0 Å². The number of nitrogens with zero attached hydrogens (tertiary/aromatic N) is 2. The molecule has 0 saturated heterocycles. The number of hydrogen-bond donors (Lipinski definition) is 2. The molecule has 1 unspecified atom stereocenters. The molecule has 0 aromatic carbocycles. The molecule has 0 spiro atoms. The third kappa shape index (κ3) is 6.63. The van der Waals surface area contributed by atoms with Gasteiger partial charge in [0, 0.05) is 24.3 Å². The first-order valence-corrected chi connectivity index (χ1v) is 6.57. The number of carbonyl (C=O) groups excluding carboxylic acids is 1. The van der Waals surface area contributed by atoms with Gasteiger partial charge in [-0.1, -0.05) is 0 Å². The number of likely N-dealkylation sites (N-methyl/N-ethyl adjacent to an activating group) is 1. The highest BCUT2D eigenvalue weighted by Crippen LogP contribution is 2.10. The topological polar surface area (TPSA) is 74.7 Å². The highest BCUT2D eigenvalue weighted by molar-refractivity contribution is 9.10. The van der Waals surface area contributed by atoms with Crippen LogP contribution in [0.4, 0.5) is 5.82 Å². The maximum atomic E-state index is 11.7. The summed E-state index contributed by atoms with van der Waals surface area (Å²) in [5.74, 6) is 0.320. The molecule has 0 fully saturated rings. The summed E-state index contributed by atoms with van der Waals surface area (Å²) in [6, 6.07) is 3.51. The molecule has 106 valence electrons. The first-order valence-electron chi connectivity index (χ1n) is 5.78. The summed E-state index contributed by atoms with van der Waals surface area (Å²) in [5.41, 5.74) is 0. The van der Waals surface area contributed by atoms with Gasteiger partial charge in [-0.25, -0.2) is 4.98 Å². The van der Waals surface area contributed by atoms with Crippen LogP contribution < -0.4 is 5.32 Å². The van der Waals surface area contributed by atoms with Gasteiger partial charge >= 0.3 is 0 Å². The first-order chi connectivity index (χ1) is 9.01. The van der Waals surface area contributed by atoms with E-state index in [4.69, 9.17) is 4.74 Å². The van der Waals surface area contributed by atoms with Crippen LogP contribution in [0.1, 0.15) is 0 Å². The second-order valence-electron chi connectivity index (χ2n) is 4.22. The Morgan fingerprint density at radius 1 is 1.63 bits per heavy atom. The molecule has 0 aliphatic rings. The minimum atomic E-state index is -0.603. The van der Waals surface area contributed by atoms with Gasteiger partial charge in [-0.05, 0) is 35.1 Å². The number of halogens is 1. The van der Waals surface area contributed by atoms with Crippen molar-refractivity contribution < 1.29 is 14.6 Å². The normalized spacial score (nSPS) is 12.5. The Morgan fingerprint density at radius 3 is 2.95 bits per heavy atom. The average Bonchev–Trinajstić information content (AvgIpc) is 2.32. The van der Waals surface area contributed by atoms with Crippen molar-refractivity contribution in [1.29, 1.82) is 0 Å². The number of amides is 1. The number of aliphatic hydroxyl groups is 1. The van der Waals surface area contributed by atoms with E-state index in [1.807, 2.05) is 0 Å². The summed E-state index contributed by atoms with van der Waals surface area (Å²) in [6.07, 6.45) is 1.01. The number of hydrogen-bond acceptors (Lipinski definition) is 5. The standard InChI is InChI=1S/C12H18BrN3O3/c1-16(6-10(17)8-19-2)7-12(18)15-11-4-3-9(13)5-14-11/h3-5,10,17H,6-8H2,1-2H3,(H,14,15,18). The summed E-state index contributed by atoms with van der Waals surface area (Å²) in [6.45, 7) is 0.799. The van der Waals surface area contributed by atoms with E-state index >= 15 is 0 Å². The molecule has 1 amide bonds. The van der Waals surface area contributed by atoms with Gasteiger partial charge in [0.2, 0.25) is 5.91 Å². The molecule has 1 rings (SSSR count). The van der Waals surface area contributed by atoms with Crippen LogP contribution in [0.3, 0.4) is 0 Å². The number of aromatic nitrogens is 1. The SMILES string of the molecule is COCC(O)CN(C)CC(=O)Nc1ccc(Br)cn1. The van der Waals surface area contributed by atoms with E-state index in [0.29, 0.717) is 12.4 Å². The van der Waals surface area contributed by atoms with Crippen molar-refractivity contribution in [3.63, 3.8) is 0 Å². The molecular weight excluding hydrogens is 314 g/mol. The van der Waals surface area contributed by atoms with E-state index in [1.54, 1.807) is 30.3 Å². The Labute approximate surface area is 120 Å².